The van der Waals surface area contributed by atoms with E-state index in [2.05, 4.69) is 6.58 Å². The van der Waals surface area contributed by atoms with Gasteiger partial charge in [-0.05, 0) is 24.6 Å². The van der Waals surface area contributed by atoms with Crippen molar-refractivity contribution in [2.75, 3.05) is 13.2 Å². The number of carbonyl (C=O) groups is 1. The fourth-order valence-electron chi connectivity index (χ4n) is 1.07. The molecule has 1 rings (SSSR count). The molecule has 1 aromatic rings. The van der Waals surface area contributed by atoms with Crippen molar-refractivity contribution in [3.63, 3.8) is 0 Å². The van der Waals surface area contributed by atoms with Gasteiger partial charge in [0.1, 0.15) is 19.0 Å². The van der Waals surface area contributed by atoms with Gasteiger partial charge < -0.3 is 9.47 Å². The molecular formula is C12H14O3. The maximum absolute atomic E-state index is 10.7. The zero-order valence-corrected chi connectivity index (χ0v) is 8.73. The van der Waals surface area contributed by atoms with Gasteiger partial charge in [-0.15, -0.1) is 0 Å². The first kappa shape index (κ1) is 11.3. The second-order valence-electron chi connectivity index (χ2n) is 3.04. The predicted molar refractivity (Wildman–Crippen MR) is 57.8 cm³/mol. The average Bonchev–Trinajstić information content (AvgIpc) is 2.24. The van der Waals surface area contributed by atoms with Crippen LogP contribution in [0.5, 0.6) is 5.75 Å². The molecule has 3 nitrogen and oxygen atoms in total. The van der Waals surface area contributed by atoms with E-state index in [0.29, 0.717) is 6.61 Å². The van der Waals surface area contributed by atoms with Gasteiger partial charge in [0, 0.05) is 6.08 Å². The number of hydrogen-bond donors (Lipinski definition) is 0. The molecule has 0 saturated heterocycles. The standard InChI is InChI=1S/C12H14O3/c1-3-12(13)15-8-7-14-11-6-4-5-10(2)9-11/h3-6,9H,1,7-8H2,2H3. The van der Waals surface area contributed by atoms with E-state index in [-0.39, 0.29) is 6.61 Å². The van der Waals surface area contributed by atoms with Crippen LogP contribution in [0.15, 0.2) is 36.9 Å². The third kappa shape index (κ3) is 4.31. The van der Waals surface area contributed by atoms with Gasteiger partial charge in [0.2, 0.25) is 0 Å². The maximum atomic E-state index is 10.7. The van der Waals surface area contributed by atoms with Gasteiger partial charge in [0.15, 0.2) is 0 Å². The number of carbonyl (C=O) groups excluding carboxylic acids is 1. The first-order chi connectivity index (χ1) is 7.22. The largest absolute Gasteiger partial charge is 0.490 e. The molecule has 3 heteroatoms. The first-order valence-corrected chi connectivity index (χ1v) is 4.71. The minimum Gasteiger partial charge on any atom is -0.490 e. The van der Waals surface area contributed by atoms with Crippen LogP contribution in [0, 0.1) is 6.92 Å². The molecule has 80 valence electrons. The summed E-state index contributed by atoms with van der Waals surface area (Å²) in [4.78, 5) is 10.7. The van der Waals surface area contributed by atoms with Crippen LogP contribution in [0.2, 0.25) is 0 Å². The number of esters is 1. The van der Waals surface area contributed by atoms with Crippen molar-refractivity contribution in [2.24, 2.45) is 0 Å². The van der Waals surface area contributed by atoms with Gasteiger partial charge in [-0.2, -0.15) is 0 Å². The molecule has 0 N–H and O–H groups in total. The summed E-state index contributed by atoms with van der Waals surface area (Å²) in [5, 5.41) is 0. The summed E-state index contributed by atoms with van der Waals surface area (Å²) in [5.74, 6) is 0.354. The summed E-state index contributed by atoms with van der Waals surface area (Å²) in [5.41, 5.74) is 1.13. The third-order valence-corrected chi connectivity index (χ3v) is 1.75. The molecule has 0 spiro atoms. The lowest BCUT2D eigenvalue weighted by Gasteiger charge is -2.06. The van der Waals surface area contributed by atoms with Crippen molar-refractivity contribution < 1.29 is 14.3 Å². The summed E-state index contributed by atoms with van der Waals surface area (Å²) >= 11 is 0. The van der Waals surface area contributed by atoms with Crippen molar-refractivity contribution >= 4 is 5.97 Å². The fraction of sp³-hybridized carbons (Fsp3) is 0.250. The Morgan fingerprint density at radius 1 is 1.47 bits per heavy atom. The van der Waals surface area contributed by atoms with E-state index in [9.17, 15) is 4.79 Å². The Hall–Kier alpha value is -1.77. The van der Waals surface area contributed by atoms with Crippen LogP contribution in [-0.2, 0) is 9.53 Å². The Balaban J connectivity index is 2.26. The van der Waals surface area contributed by atoms with E-state index in [1.54, 1.807) is 0 Å². The second-order valence-corrected chi connectivity index (χ2v) is 3.04. The molecule has 0 saturated carbocycles. The topological polar surface area (TPSA) is 35.5 Å². The summed E-state index contributed by atoms with van der Waals surface area (Å²) in [6, 6.07) is 7.70. The predicted octanol–water partition coefficient (Wildman–Crippen LogP) is 2.10. The summed E-state index contributed by atoms with van der Waals surface area (Å²) in [6.07, 6.45) is 1.13. The maximum Gasteiger partial charge on any atom is 0.330 e. The van der Waals surface area contributed by atoms with Gasteiger partial charge >= 0.3 is 5.97 Å². The van der Waals surface area contributed by atoms with Gasteiger partial charge in [-0.25, -0.2) is 4.79 Å². The highest BCUT2D eigenvalue weighted by Crippen LogP contribution is 2.11. The van der Waals surface area contributed by atoms with Crippen LogP contribution < -0.4 is 4.74 Å². The van der Waals surface area contributed by atoms with E-state index in [4.69, 9.17) is 9.47 Å². The van der Waals surface area contributed by atoms with Gasteiger partial charge in [0.25, 0.3) is 0 Å². The summed E-state index contributed by atoms with van der Waals surface area (Å²) in [6.45, 7) is 5.87. The zero-order chi connectivity index (χ0) is 11.1. The molecule has 0 radical (unpaired) electrons. The number of aryl methyl sites for hydroxylation is 1. The Morgan fingerprint density at radius 3 is 2.93 bits per heavy atom. The van der Waals surface area contributed by atoms with Gasteiger partial charge in [-0.3, -0.25) is 0 Å². The molecule has 0 aliphatic heterocycles. The minimum absolute atomic E-state index is 0.235. The Kier molecular flexibility index (Phi) is 4.41. The van der Waals surface area contributed by atoms with Crippen LogP contribution in [0.3, 0.4) is 0 Å². The van der Waals surface area contributed by atoms with Gasteiger partial charge in [0.05, 0.1) is 0 Å². The molecule has 15 heavy (non-hydrogen) atoms. The van der Waals surface area contributed by atoms with E-state index in [0.717, 1.165) is 17.4 Å². The molecule has 0 heterocycles. The lowest BCUT2D eigenvalue weighted by atomic mass is 10.2. The minimum atomic E-state index is -0.428. The molecule has 0 atom stereocenters. The highest BCUT2D eigenvalue weighted by molar-refractivity contribution is 5.81. The number of hydrogen-bond acceptors (Lipinski definition) is 3. The van der Waals surface area contributed by atoms with Crippen molar-refractivity contribution in [2.45, 2.75) is 6.92 Å². The fourth-order valence-corrected chi connectivity index (χ4v) is 1.07. The van der Waals surface area contributed by atoms with Crippen LogP contribution in [0.1, 0.15) is 5.56 Å². The molecule has 1 aromatic carbocycles. The molecule has 0 aromatic heterocycles. The number of rotatable bonds is 5. The van der Waals surface area contributed by atoms with Crippen molar-refractivity contribution in [1.82, 2.24) is 0 Å². The Morgan fingerprint density at radius 2 is 2.27 bits per heavy atom. The second kappa shape index (κ2) is 5.86. The molecule has 0 aliphatic carbocycles. The Bertz CT molecular complexity index is 344. The highest BCUT2D eigenvalue weighted by atomic mass is 16.6. The first-order valence-electron chi connectivity index (χ1n) is 4.71. The summed E-state index contributed by atoms with van der Waals surface area (Å²) in [7, 11) is 0. The molecular weight excluding hydrogens is 192 g/mol. The zero-order valence-electron chi connectivity index (χ0n) is 8.73. The average molecular weight is 206 g/mol. The van der Waals surface area contributed by atoms with E-state index >= 15 is 0 Å². The molecule has 0 unspecified atom stereocenters. The smallest absolute Gasteiger partial charge is 0.330 e. The van der Waals surface area contributed by atoms with Crippen LogP contribution in [0.25, 0.3) is 0 Å². The normalized spacial score (nSPS) is 9.40. The van der Waals surface area contributed by atoms with Crippen molar-refractivity contribution in [3.05, 3.63) is 42.5 Å². The lowest BCUT2D eigenvalue weighted by molar-refractivity contribution is -0.138. The SMILES string of the molecule is C=CC(=O)OCCOc1cccc(C)c1. The number of benzene rings is 1. The lowest BCUT2D eigenvalue weighted by Crippen LogP contribution is -2.10. The molecule has 0 fully saturated rings. The van der Waals surface area contributed by atoms with Crippen molar-refractivity contribution in [3.8, 4) is 5.75 Å². The van der Waals surface area contributed by atoms with Crippen LogP contribution >= 0.6 is 0 Å². The van der Waals surface area contributed by atoms with E-state index in [1.807, 2.05) is 31.2 Å². The van der Waals surface area contributed by atoms with Crippen LogP contribution in [-0.4, -0.2) is 19.2 Å². The monoisotopic (exact) mass is 206 g/mol. The molecule has 0 bridgehead atoms. The quantitative estimate of drug-likeness (QED) is 0.420. The van der Waals surface area contributed by atoms with Gasteiger partial charge in [-0.1, -0.05) is 18.7 Å². The van der Waals surface area contributed by atoms with Crippen LogP contribution in [0.4, 0.5) is 0 Å². The van der Waals surface area contributed by atoms with Crippen molar-refractivity contribution in [1.29, 1.82) is 0 Å². The molecule has 0 aliphatic rings. The molecule has 0 amide bonds. The number of ether oxygens (including phenoxy) is 2. The third-order valence-electron chi connectivity index (χ3n) is 1.75. The Labute approximate surface area is 89.3 Å². The van der Waals surface area contributed by atoms with E-state index < -0.39 is 5.97 Å². The summed E-state index contributed by atoms with van der Waals surface area (Å²) < 4.78 is 10.1. The highest BCUT2D eigenvalue weighted by Gasteiger charge is 1.96. The van der Waals surface area contributed by atoms with E-state index in [1.165, 1.54) is 0 Å².